The number of aromatic nitrogens is 1. The summed E-state index contributed by atoms with van der Waals surface area (Å²) in [7, 11) is 4.53. The Labute approximate surface area is 239 Å². The summed E-state index contributed by atoms with van der Waals surface area (Å²) in [5.41, 5.74) is 1.54. The molecular formula is C29H27ClN2O7S. The number of benzene rings is 2. The van der Waals surface area contributed by atoms with Crippen molar-refractivity contribution in [3.63, 3.8) is 0 Å². The molecule has 0 radical (unpaired) electrons. The number of allylic oxidation sites excluding steroid dienone is 1. The summed E-state index contributed by atoms with van der Waals surface area (Å²) in [4.78, 5) is 32.2. The molecule has 0 N–H and O–H groups in total. The molecule has 1 aliphatic heterocycles. The molecule has 2 heterocycles. The van der Waals surface area contributed by atoms with Gasteiger partial charge in [-0.15, -0.1) is 6.42 Å². The van der Waals surface area contributed by atoms with Crippen molar-refractivity contribution in [2.24, 2.45) is 4.99 Å². The fourth-order valence-electron chi connectivity index (χ4n) is 4.29. The lowest BCUT2D eigenvalue weighted by molar-refractivity contribution is -0.140. The highest BCUT2D eigenvalue weighted by Gasteiger charge is 2.35. The summed E-state index contributed by atoms with van der Waals surface area (Å²) < 4.78 is 28.9. The Balaban J connectivity index is 1.90. The van der Waals surface area contributed by atoms with Crippen molar-refractivity contribution in [1.29, 1.82) is 0 Å². The summed E-state index contributed by atoms with van der Waals surface area (Å²) in [5, 5.41) is 0.275. The maximum absolute atomic E-state index is 13.9. The van der Waals surface area contributed by atoms with E-state index in [-0.39, 0.29) is 36.0 Å². The van der Waals surface area contributed by atoms with Crippen LogP contribution >= 0.6 is 22.9 Å². The smallest absolute Gasteiger partial charge is 0.338 e. The fourth-order valence-corrected chi connectivity index (χ4v) is 5.61. The zero-order valence-electron chi connectivity index (χ0n) is 22.4. The number of hydrogen-bond acceptors (Lipinski definition) is 9. The van der Waals surface area contributed by atoms with Crippen LogP contribution in [0.2, 0.25) is 5.02 Å². The summed E-state index contributed by atoms with van der Waals surface area (Å²) >= 11 is 7.63. The minimum atomic E-state index is -0.831. The molecule has 0 saturated heterocycles. The van der Waals surface area contributed by atoms with Gasteiger partial charge in [-0.25, -0.2) is 9.79 Å². The second-order valence-electron chi connectivity index (χ2n) is 8.48. The average Bonchev–Trinajstić information content (AvgIpc) is 3.25. The number of carbonyl (C=O) groups is 1. The Morgan fingerprint density at radius 2 is 1.93 bits per heavy atom. The van der Waals surface area contributed by atoms with Crippen molar-refractivity contribution in [3.05, 3.63) is 83.5 Å². The number of rotatable bonds is 10. The lowest BCUT2D eigenvalue weighted by Crippen LogP contribution is -2.40. The topological polar surface area (TPSA) is 97.6 Å². The highest BCUT2D eigenvalue weighted by atomic mass is 35.5. The minimum absolute atomic E-state index is 0.0204. The van der Waals surface area contributed by atoms with Crippen LogP contribution in [0.3, 0.4) is 0 Å². The number of thiazole rings is 1. The largest absolute Gasteiger partial charge is 0.496 e. The van der Waals surface area contributed by atoms with Crippen LogP contribution in [0.25, 0.3) is 6.08 Å². The SMILES string of the molecule is C#CCOc1c(Cl)cc(C=c2sc3n(c2=O)C(c2ccccc2OC)C(C(=O)OCCOC)=C(C)N=3)cc1OC. The molecule has 11 heteroatoms. The monoisotopic (exact) mass is 582 g/mol. The first kappa shape index (κ1) is 29.0. The van der Waals surface area contributed by atoms with Gasteiger partial charge in [0.2, 0.25) is 0 Å². The lowest BCUT2D eigenvalue weighted by Gasteiger charge is -2.26. The van der Waals surface area contributed by atoms with Gasteiger partial charge in [-0.3, -0.25) is 9.36 Å². The number of terminal acetylenes is 1. The van der Waals surface area contributed by atoms with Crippen molar-refractivity contribution < 1.29 is 28.5 Å². The molecule has 1 atom stereocenters. The molecule has 9 nitrogen and oxygen atoms in total. The number of halogens is 1. The van der Waals surface area contributed by atoms with Gasteiger partial charge in [-0.05, 0) is 36.8 Å². The molecule has 0 amide bonds. The van der Waals surface area contributed by atoms with Crippen LogP contribution in [0.1, 0.15) is 24.1 Å². The molecule has 0 bridgehead atoms. The lowest BCUT2D eigenvalue weighted by atomic mass is 9.95. The molecule has 3 aromatic rings. The van der Waals surface area contributed by atoms with E-state index in [1.807, 2.05) is 12.1 Å². The number of hydrogen-bond donors (Lipinski definition) is 0. The van der Waals surface area contributed by atoms with Gasteiger partial charge in [0.15, 0.2) is 16.3 Å². The van der Waals surface area contributed by atoms with Crippen molar-refractivity contribution in [2.75, 3.05) is 41.2 Å². The maximum atomic E-state index is 13.9. The highest BCUT2D eigenvalue weighted by Crippen LogP contribution is 2.37. The molecule has 0 aliphatic carbocycles. The second kappa shape index (κ2) is 12.9. The van der Waals surface area contributed by atoms with E-state index in [4.69, 9.17) is 41.7 Å². The van der Waals surface area contributed by atoms with Crippen LogP contribution in [0.5, 0.6) is 17.2 Å². The number of esters is 1. The van der Waals surface area contributed by atoms with E-state index < -0.39 is 12.0 Å². The van der Waals surface area contributed by atoms with Crippen molar-refractivity contribution in [1.82, 2.24) is 4.57 Å². The third-order valence-electron chi connectivity index (χ3n) is 6.05. The van der Waals surface area contributed by atoms with Gasteiger partial charge >= 0.3 is 5.97 Å². The Kier molecular flexibility index (Phi) is 9.32. The van der Waals surface area contributed by atoms with Gasteiger partial charge in [0.05, 0.1) is 41.7 Å². The van der Waals surface area contributed by atoms with Crippen LogP contribution in [-0.4, -0.2) is 51.7 Å². The van der Waals surface area contributed by atoms with E-state index >= 15 is 0 Å². The Morgan fingerprint density at radius 1 is 1.18 bits per heavy atom. The molecule has 1 aliphatic rings. The average molecular weight is 583 g/mol. The molecule has 0 fully saturated rings. The summed E-state index contributed by atoms with van der Waals surface area (Å²) in [5.74, 6) is 2.98. The number of nitrogens with zero attached hydrogens (tertiary/aromatic N) is 2. The molecular weight excluding hydrogens is 556 g/mol. The van der Waals surface area contributed by atoms with Gasteiger partial charge in [0, 0.05) is 12.7 Å². The summed E-state index contributed by atoms with van der Waals surface area (Å²) in [6, 6.07) is 9.71. The first-order valence-electron chi connectivity index (χ1n) is 12.1. The first-order chi connectivity index (χ1) is 19.3. The predicted octanol–water partition coefficient (Wildman–Crippen LogP) is 3.11. The maximum Gasteiger partial charge on any atom is 0.338 e. The molecule has 0 saturated carbocycles. The molecule has 4 rings (SSSR count). The Bertz CT molecular complexity index is 1680. The number of carbonyl (C=O) groups excluding carboxylic acids is 1. The van der Waals surface area contributed by atoms with E-state index in [0.717, 1.165) is 0 Å². The third-order valence-corrected chi connectivity index (χ3v) is 7.31. The zero-order valence-corrected chi connectivity index (χ0v) is 23.9. The van der Waals surface area contributed by atoms with Gasteiger partial charge in [-0.1, -0.05) is 47.1 Å². The normalized spacial score (nSPS) is 14.7. The van der Waals surface area contributed by atoms with Crippen LogP contribution in [0.4, 0.5) is 0 Å². The third kappa shape index (κ3) is 5.77. The quantitative estimate of drug-likeness (QED) is 0.206. The van der Waals surface area contributed by atoms with Crippen molar-refractivity contribution >= 4 is 35.0 Å². The van der Waals surface area contributed by atoms with Gasteiger partial charge in [0.25, 0.3) is 5.56 Å². The van der Waals surface area contributed by atoms with Crippen LogP contribution < -0.4 is 29.1 Å². The standard InChI is InChI=1S/C29H27ClN2O7S/c1-6-11-38-26-20(30)14-18(15-22(26)37-5)16-23-27(33)32-25(19-9-7-8-10-21(19)36-4)24(17(2)31-29(32)40-23)28(34)39-13-12-35-3/h1,7-10,14-16,25H,11-13H2,2-5H3. The second-order valence-corrected chi connectivity index (χ2v) is 9.90. The Hall–Kier alpha value is -4.04. The van der Waals surface area contributed by atoms with E-state index in [1.165, 1.54) is 37.2 Å². The van der Waals surface area contributed by atoms with Crippen LogP contribution in [-0.2, 0) is 14.3 Å². The summed E-state index contributed by atoms with van der Waals surface area (Å²) in [6.07, 6.45) is 6.98. The molecule has 1 unspecified atom stereocenters. The van der Waals surface area contributed by atoms with Crippen LogP contribution in [0, 0.1) is 12.3 Å². The van der Waals surface area contributed by atoms with E-state index in [1.54, 1.807) is 37.3 Å². The summed E-state index contributed by atoms with van der Waals surface area (Å²) in [6.45, 7) is 2.02. The number of para-hydroxylation sites is 1. The van der Waals surface area contributed by atoms with Crippen molar-refractivity contribution in [2.45, 2.75) is 13.0 Å². The molecule has 0 spiro atoms. The minimum Gasteiger partial charge on any atom is -0.496 e. The van der Waals surface area contributed by atoms with Gasteiger partial charge in [-0.2, -0.15) is 0 Å². The molecule has 40 heavy (non-hydrogen) atoms. The highest BCUT2D eigenvalue weighted by molar-refractivity contribution is 7.07. The zero-order chi connectivity index (χ0) is 28.8. The fraction of sp³-hybridized carbons (Fsp3) is 0.276. The predicted molar refractivity (Wildman–Crippen MR) is 152 cm³/mol. The number of fused-ring (bicyclic) bond motifs is 1. The van der Waals surface area contributed by atoms with E-state index in [9.17, 15) is 9.59 Å². The van der Waals surface area contributed by atoms with E-state index in [0.29, 0.717) is 43.4 Å². The molecule has 2 aromatic carbocycles. The number of methoxy groups -OCH3 is 3. The first-order valence-corrected chi connectivity index (χ1v) is 13.3. The van der Waals surface area contributed by atoms with Crippen LogP contribution in [0.15, 0.2) is 57.5 Å². The van der Waals surface area contributed by atoms with Gasteiger partial charge in [0.1, 0.15) is 25.0 Å². The van der Waals surface area contributed by atoms with Gasteiger partial charge < -0.3 is 23.7 Å². The molecule has 208 valence electrons. The molecule has 1 aromatic heterocycles. The van der Waals surface area contributed by atoms with E-state index in [2.05, 4.69) is 10.9 Å². The number of ether oxygens (including phenoxy) is 5. The Morgan fingerprint density at radius 3 is 2.62 bits per heavy atom. The van der Waals surface area contributed by atoms with Crippen molar-refractivity contribution in [3.8, 4) is 29.6 Å².